The molecule has 1 aliphatic carbocycles. The van der Waals surface area contributed by atoms with Crippen molar-refractivity contribution >= 4 is 11.9 Å². The largest absolute Gasteiger partial charge is 0.484 e. The number of hydrogen-bond donors (Lipinski definition) is 0. The fraction of sp³-hybridized carbons (Fsp3) is 0.333. The fourth-order valence-electron chi connectivity index (χ4n) is 3.13. The van der Waals surface area contributed by atoms with Crippen LogP contribution in [0.2, 0.25) is 0 Å². The van der Waals surface area contributed by atoms with Crippen molar-refractivity contribution in [1.82, 2.24) is 4.90 Å². The minimum atomic E-state index is -0.452. The summed E-state index contributed by atoms with van der Waals surface area (Å²) in [5, 5.41) is 0. The molecule has 5 nitrogen and oxygen atoms in total. The van der Waals surface area contributed by atoms with E-state index in [-0.39, 0.29) is 19.1 Å². The zero-order valence-electron chi connectivity index (χ0n) is 14.9. The third kappa shape index (κ3) is 4.63. The second-order valence-electron chi connectivity index (χ2n) is 6.38. The number of esters is 1. The Kier molecular flexibility index (Phi) is 5.89. The molecule has 1 aliphatic rings. The molecule has 136 valence electrons. The monoisotopic (exact) mass is 353 g/mol. The van der Waals surface area contributed by atoms with Gasteiger partial charge in [-0.05, 0) is 48.1 Å². The zero-order valence-corrected chi connectivity index (χ0v) is 14.9. The number of nitrogens with zero attached hydrogens (tertiary/aromatic N) is 1. The number of benzene rings is 2. The van der Waals surface area contributed by atoms with Crippen LogP contribution < -0.4 is 4.74 Å². The normalized spacial score (nSPS) is 12.3. The molecule has 0 heterocycles. The third-order valence-electron chi connectivity index (χ3n) is 4.55. The topological polar surface area (TPSA) is 55.8 Å². The van der Waals surface area contributed by atoms with Crippen molar-refractivity contribution in [2.75, 3.05) is 20.3 Å². The van der Waals surface area contributed by atoms with Crippen LogP contribution in [0, 0.1) is 0 Å². The first-order valence-corrected chi connectivity index (χ1v) is 8.79. The molecule has 0 spiro atoms. The summed E-state index contributed by atoms with van der Waals surface area (Å²) in [5.74, 6) is -0.0108. The summed E-state index contributed by atoms with van der Waals surface area (Å²) < 4.78 is 10.4. The highest BCUT2D eigenvalue weighted by molar-refractivity contribution is 5.83. The molecule has 1 amide bonds. The molecule has 0 aromatic heterocycles. The van der Waals surface area contributed by atoms with Crippen LogP contribution in [-0.4, -0.2) is 37.0 Å². The van der Waals surface area contributed by atoms with Gasteiger partial charge in [-0.2, -0.15) is 0 Å². The van der Waals surface area contributed by atoms with Gasteiger partial charge in [0.2, 0.25) is 0 Å². The van der Waals surface area contributed by atoms with Gasteiger partial charge in [-0.1, -0.05) is 36.4 Å². The van der Waals surface area contributed by atoms with Crippen molar-refractivity contribution in [2.24, 2.45) is 0 Å². The van der Waals surface area contributed by atoms with E-state index in [2.05, 4.69) is 6.07 Å². The molecule has 0 saturated carbocycles. The van der Waals surface area contributed by atoms with Crippen LogP contribution in [0.15, 0.2) is 48.5 Å². The first kappa shape index (κ1) is 18.0. The molecule has 0 saturated heterocycles. The van der Waals surface area contributed by atoms with Crippen molar-refractivity contribution in [1.29, 1.82) is 0 Å². The van der Waals surface area contributed by atoms with Crippen molar-refractivity contribution in [3.05, 3.63) is 65.2 Å². The molecule has 0 unspecified atom stereocenters. The Morgan fingerprint density at radius 1 is 1.04 bits per heavy atom. The van der Waals surface area contributed by atoms with Gasteiger partial charge in [-0.15, -0.1) is 0 Å². The molecule has 0 N–H and O–H groups in total. The molecular formula is C21H23NO4. The van der Waals surface area contributed by atoms with Crippen LogP contribution in [-0.2, 0) is 33.7 Å². The third-order valence-corrected chi connectivity index (χ3v) is 4.55. The Balaban J connectivity index is 1.63. The number of rotatable bonds is 7. The fourth-order valence-corrected chi connectivity index (χ4v) is 3.13. The van der Waals surface area contributed by atoms with Gasteiger partial charge in [-0.3, -0.25) is 9.59 Å². The molecule has 0 radical (unpaired) electrons. The molecule has 2 aromatic carbocycles. The summed E-state index contributed by atoms with van der Waals surface area (Å²) in [6, 6.07) is 15.5. The summed E-state index contributed by atoms with van der Waals surface area (Å²) in [4.78, 5) is 25.7. The van der Waals surface area contributed by atoms with E-state index in [4.69, 9.17) is 9.47 Å². The minimum absolute atomic E-state index is 0.0994. The molecule has 0 atom stereocenters. The van der Waals surface area contributed by atoms with Gasteiger partial charge in [-0.25, -0.2) is 0 Å². The average Bonchev–Trinajstić information content (AvgIpc) is 3.14. The maximum Gasteiger partial charge on any atom is 0.325 e. The van der Waals surface area contributed by atoms with Crippen LogP contribution in [0.3, 0.4) is 0 Å². The van der Waals surface area contributed by atoms with Crippen LogP contribution in [0.4, 0.5) is 0 Å². The Labute approximate surface area is 153 Å². The molecule has 0 fully saturated rings. The van der Waals surface area contributed by atoms with E-state index < -0.39 is 5.97 Å². The van der Waals surface area contributed by atoms with Crippen molar-refractivity contribution < 1.29 is 19.1 Å². The lowest BCUT2D eigenvalue weighted by Gasteiger charge is -2.22. The Morgan fingerprint density at radius 3 is 2.58 bits per heavy atom. The number of amides is 1. The number of hydrogen-bond acceptors (Lipinski definition) is 4. The second kappa shape index (κ2) is 8.52. The van der Waals surface area contributed by atoms with E-state index in [1.807, 2.05) is 42.5 Å². The first-order chi connectivity index (χ1) is 12.7. The summed E-state index contributed by atoms with van der Waals surface area (Å²) >= 11 is 0. The molecule has 3 rings (SSSR count). The lowest BCUT2D eigenvalue weighted by atomic mass is 10.1. The van der Waals surface area contributed by atoms with Gasteiger partial charge in [0.05, 0.1) is 7.11 Å². The van der Waals surface area contributed by atoms with Gasteiger partial charge in [0, 0.05) is 6.54 Å². The highest BCUT2D eigenvalue weighted by Gasteiger charge is 2.19. The molecule has 0 bridgehead atoms. The summed E-state index contributed by atoms with van der Waals surface area (Å²) in [6.07, 6.45) is 3.34. The lowest BCUT2D eigenvalue weighted by Crippen LogP contribution is -2.38. The predicted octanol–water partition coefficient (Wildman–Crippen LogP) is 2.76. The van der Waals surface area contributed by atoms with Gasteiger partial charge in [0.25, 0.3) is 5.91 Å². The predicted molar refractivity (Wildman–Crippen MR) is 97.8 cm³/mol. The van der Waals surface area contributed by atoms with Gasteiger partial charge in [0.1, 0.15) is 12.3 Å². The highest BCUT2D eigenvalue weighted by atomic mass is 16.5. The second-order valence-corrected chi connectivity index (χ2v) is 6.38. The van der Waals surface area contributed by atoms with Crippen LogP contribution in [0.5, 0.6) is 5.75 Å². The van der Waals surface area contributed by atoms with Crippen LogP contribution in [0.1, 0.15) is 23.1 Å². The van der Waals surface area contributed by atoms with E-state index in [1.165, 1.54) is 29.6 Å². The Morgan fingerprint density at radius 2 is 1.81 bits per heavy atom. The van der Waals surface area contributed by atoms with E-state index in [0.717, 1.165) is 18.4 Å². The van der Waals surface area contributed by atoms with Crippen molar-refractivity contribution in [3.8, 4) is 5.75 Å². The van der Waals surface area contributed by atoms with Crippen LogP contribution in [0.25, 0.3) is 0 Å². The summed E-state index contributed by atoms with van der Waals surface area (Å²) in [5.41, 5.74) is 3.60. The molecule has 2 aromatic rings. The highest BCUT2D eigenvalue weighted by Crippen LogP contribution is 2.26. The smallest absolute Gasteiger partial charge is 0.325 e. The molecule has 0 aliphatic heterocycles. The Hall–Kier alpha value is -2.82. The quantitative estimate of drug-likeness (QED) is 0.718. The lowest BCUT2D eigenvalue weighted by molar-refractivity contribution is -0.148. The number of ether oxygens (including phenoxy) is 2. The molecule has 26 heavy (non-hydrogen) atoms. The number of carbonyl (C=O) groups is 2. The van der Waals surface area contributed by atoms with E-state index in [1.54, 1.807) is 0 Å². The summed E-state index contributed by atoms with van der Waals surface area (Å²) in [6.45, 7) is 0.128. The van der Waals surface area contributed by atoms with E-state index >= 15 is 0 Å². The standard InChI is InChI=1S/C21H23NO4/c1-25-21(24)14-22(13-16-6-3-2-4-7-16)20(23)15-26-19-11-10-17-8-5-9-18(17)12-19/h2-4,6-7,10-12H,5,8-9,13-15H2,1H3. The maximum absolute atomic E-state index is 12.6. The van der Waals surface area contributed by atoms with Gasteiger partial charge >= 0.3 is 5.97 Å². The Bertz CT molecular complexity index is 773. The SMILES string of the molecule is COC(=O)CN(Cc1ccccc1)C(=O)COc1ccc2c(c1)CCC2. The number of methoxy groups -OCH3 is 1. The maximum atomic E-state index is 12.6. The molecular weight excluding hydrogens is 330 g/mol. The molecule has 5 heteroatoms. The average molecular weight is 353 g/mol. The zero-order chi connectivity index (χ0) is 18.4. The van der Waals surface area contributed by atoms with Crippen molar-refractivity contribution in [3.63, 3.8) is 0 Å². The first-order valence-electron chi connectivity index (χ1n) is 8.79. The van der Waals surface area contributed by atoms with Gasteiger partial charge in [0.15, 0.2) is 6.61 Å². The van der Waals surface area contributed by atoms with E-state index in [9.17, 15) is 9.59 Å². The van der Waals surface area contributed by atoms with Crippen molar-refractivity contribution in [2.45, 2.75) is 25.8 Å². The summed E-state index contributed by atoms with van der Waals surface area (Å²) in [7, 11) is 1.31. The van der Waals surface area contributed by atoms with E-state index in [0.29, 0.717) is 12.3 Å². The van der Waals surface area contributed by atoms with Gasteiger partial charge < -0.3 is 14.4 Å². The number of fused-ring (bicyclic) bond motifs is 1. The van der Waals surface area contributed by atoms with Crippen LogP contribution >= 0.6 is 0 Å². The number of carbonyl (C=O) groups excluding carboxylic acids is 2. The minimum Gasteiger partial charge on any atom is -0.484 e. The number of aryl methyl sites for hydroxylation is 2.